The summed E-state index contributed by atoms with van der Waals surface area (Å²) in [6, 6.07) is 9.32. The summed E-state index contributed by atoms with van der Waals surface area (Å²) >= 11 is 1.33. The van der Waals surface area contributed by atoms with Gasteiger partial charge in [0.25, 0.3) is 0 Å². The number of tetrazole rings is 1. The molecule has 1 atom stereocenters. The summed E-state index contributed by atoms with van der Waals surface area (Å²) in [5, 5.41) is 21.7. The number of benzene rings is 1. The molecule has 0 radical (unpaired) electrons. The van der Waals surface area contributed by atoms with Crippen LogP contribution in [-0.2, 0) is 0 Å². The SMILES string of the molecule is OC(CCSc1nnnn1-c1ccccc1)CCC(F)=C(F)F. The molecule has 23 heavy (non-hydrogen) atoms. The number of rotatable bonds is 8. The molecular formula is C14H15F3N4OS. The Morgan fingerprint density at radius 1 is 1.17 bits per heavy atom. The van der Waals surface area contributed by atoms with Crippen LogP contribution in [0, 0.1) is 0 Å². The predicted octanol–water partition coefficient (Wildman–Crippen LogP) is 3.36. The molecular weight excluding hydrogens is 329 g/mol. The maximum atomic E-state index is 12.7. The van der Waals surface area contributed by atoms with Crippen molar-refractivity contribution in [2.45, 2.75) is 30.5 Å². The first-order valence-electron chi connectivity index (χ1n) is 6.92. The van der Waals surface area contributed by atoms with Gasteiger partial charge in [0.2, 0.25) is 5.16 Å². The molecule has 0 aliphatic carbocycles. The molecule has 0 saturated heterocycles. The standard InChI is InChI=1S/C14H15F3N4OS/c15-12(13(16)17)7-6-11(22)8-9-23-14-18-19-20-21(14)10-4-2-1-3-5-10/h1-5,11,22H,6-9H2. The van der Waals surface area contributed by atoms with E-state index in [0.29, 0.717) is 17.3 Å². The van der Waals surface area contributed by atoms with E-state index in [1.54, 1.807) is 4.68 Å². The minimum absolute atomic E-state index is 0.0483. The summed E-state index contributed by atoms with van der Waals surface area (Å²) in [6.07, 6.45) is -3.36. The van der Waals surface area contributed by atoms with Crippen LogP contribution >= 0.6 is 11.8 Å². The van der Waals surface area contributed by atoms with Crippen molar-refractivity contribution in [3.8, 4) is 5.69 Å². The normalized spacial score (nSPS) is 12.2. The fourth-order valence-electron chi connectivity index (χ4n) is 1.82. The Hall–Kier alpha value is -1.87. The zero-order chi connectivity index (χ0) is 16.7. The summed E-state index contributed by atoms with van der Waals surface area (Å²) in [5.41, 5.74) is 0.811. The van der Waals surface area contributed by atoms with Gasteiger partial charge >= 0.3 is 6.08 Å². The average molecular weight is 344 g/mol. The summed E-state index contributed by atoms with van der Waals surface area (Å²) in [4.78, 5) is 0. The second-order valence-corrected chi connectivity index (χ2v) is 5.77. The second-order valence-electron chi connectivity index (χ2n) is 4.70. The Balaban J connectivity index is 1.81. The van der Waals surface area contributed by atoms with Crippen LogP contribution in [0.25, 0.3) is 5.69 Å². The third-order valence-corrected chi connectivity index (χ3v) is 3.98. The first-order valence-corrected chi connectivity index (χ1v) is 7.91. The Kier molecular flexibility index (Phi) is 6.60. The molecule has 1 aromatic carbocycles. The van der Waals surface area contributed by atoms with Crippen LogP contribution in [0.4, 0.5) is 13.2 Å². The van der Waals surface area contributed by atoms with E-state index in [4.69, 9.17) is 0 Å². The van der Waals surface area contributed by atoms with E-state index in [-0.39, 0.29) is 6.42 Å². The van der Waals surface area contributed by atoms with E-state index in [2.05, 4.69) is 15.5 Å². The highest BCUT2D eigenvalue weighted by atomic mass is 32.2. The number of aliphatic hydroxyl groups is 1. The third-order valence-electron chi connectivity index (χ3n) is 3.03. The molecule has 2 aromatic rings. The molecule has 124 valence electrons. The van der Waals surface area contributed by atoms with Gasteiger partial charge in [-0.05, 0) is 35.4 Å². The van der Waals surface area contributed by atoms with Crippen LogP contribution in [0.2, 0.25) is 0 Å². The van der Waals surface area contributed by atoms with E-state index in [1.807, 2.05) is 30.3 Å². The molecule has 1 aromatic heterocycles. The maximum absolute atomic E-state index is 12.7. The van der Waals surface area contributed by atoms with E-state index in [1.165, 1.54) is 11.8 Å². The molecule has 5 nitrogen and oxygen atoms in total. The summed E-state index contributed by atoms with van der Waals surface area (Å²) in [5.74, 6) is -0.984. The molecule has 0 saturated carbocycles. The van der Waals surface area contributed by atoms with Gasteiger partial charge in [-0.25, -0.2) is 4.39 Å². The Bertz CT molecular complexity index is 646. The molecule has 0 aliphatic rings. The fraction of sp³-hybridized carbons (Fsp3) is 0.357. The van der Waals surface area contributed by atoms with Crippen LogP contribution < -0.4 is 0 Å². The highest BCUT2D eigenvalue weighted by Gasteiger charge is 2.12. The minimum Gasteiger partial charge on any atom is -0.393 e. The number of allylic oxidation sites excluding steroid dienone is 1. The minimum atomic E-state index is -2.33. The maximum Gasteiger partial charge on any atom is 0.301 e. The van der Waals surface area contributed by atoms with E-state index in [9.17, 15) is 18.3 Å². The number of halogens is 3. The zero-order valence-corrected chi connectivity index (χ0v) is 12.9. The van der Waals surface area contributed by atoms with Gasteiger partial charge in [-0.2, -0.15) is 13.5 Å². The molecule has 2 rings (SSSR count). The second kappa shape index (κ2) is 8.68. The summed E-state index contributed by atoms with van der Waals surface area (Å²) in [7, 11) is 0. The van der Waals surface area contributed by atoms with Crippen molar-refractivity contribution in [1.29, 1.82) is 0 Å². The number of hydrogen-bond donors (Lipinski definition) is 1. The third kappa shape index (κ3) is 5.36. The van der Waals surface area contributed by atoms with Crippen molar-refractivity contribution in [3.63, 3.8) is 0 Å². The zero-order valence-electron chi connectivity index (χ0n) is 12.1. The molecule has 1 N–H and O–H groups in total. The van der Waals surface area contributed by atoms with Crippen molar-refractivity contribution in [1.82, 2.24) is 20.2 Å². The molecule has 1 unspecified atom stereocenters. The van der Waals surface area contributed by atoms with Crippen molar-refractivity contribution in [2.75, 3.05) is 5.75 Å². The van der Waals surface area contributed by atoms with E-state index < -0.39 is 24.4 Å². The Labute approximate surface area is 135 Å². The van der Waals surface area contributed by atoms with Crippen LogP contribution in [-0.4, -0.2) is 37.2 Å². The molecule has 0 aliphatic heterocycles. The highest BCUT2D eigenvalue weighted by molar-refractivity contribution is 7.99. The van der Waals surface area contributed by atoms with Crippen LogP contribution in [0.5, 0.6) is 0 Å². The average Bonchev–Trinajstić information content (AvgIpc) is 3.01. The summed E-state index contributed by atoms with van der Waals surface area (Å²) in [6.45, 7) is 0. The lowest BCUT2D eigenvalue weighted by Gasteiger charge is -2.09. The lowest BCUT2D eigenvalue weighted by Crippen LogP contribution is -2.08. The lowest BCUT2D eigenvalue weighted by atomic mass is 10.1. The smallest absolute Gasteiger partial charge is 0.301 e. The van der Waals surface area contributed by atoms with Crippen LogP contribution in [0.1, 0.15) is 19.3 Å². The number of aromatic nitrogens is 4. The monoisotopic (exact) mass is 344 g/mol. The number of thioether (sulfide) groups is 1. The van der Waals surface area contributed by atoms with Gasteiger partial charge in [0.15, 0.2) is 5.83 Å². The number of nitrogens with zero attached hydrogens (tertiary/aromatic N) is 4. The molecule has 0 bridgehead atoms. The van der Waals surface area contributed by atoms with Crippen molar-refractivity contribution in [3.05, 3.63) is 42.2 Å². The first-order chi connectivity index (χ1) is 11.1. The van der Waals surface area contributed by atoms with Gasteiger partial charge in [-0.1, -0.05) is 30.0 Å². The number of aliphatic hydroxyl groups excluding tert-OH is 1. The topological polar surface area (TPSA) is 63.8 Å². The quantitative estimate of drug-likeness (QED) is 0.744. The van der Waals surface area contributed by atoms with Crippen LogP contribution in [0.3, 0.4) is 0 Å². The molecule has 0 fully saturated rings. The van der Waals surface area contributed by atoms with Crippen LogP contribution in [0.15, 0.2) is 47.4 Å². The predicted molar refractivity (Wildman–Crippen MR) is 80.1 cm³/mol. The molecule has 0 spiro atoms. The van der Waals surface area contributed by atoms with Gasteiger partial charge in [0.1, 0.15) is 0 Å². The molecule has 1 heterocycles. The van der Waals surface area contributed by atoms with Crippen molar-refractivity contribution >= 4 is 11.8 Å². The first kappa shape index (κ1) is 17.5. The highest BCUT2D eigenvalue weighted by Crippen LogP contribution is 2.21. The number of hydrogen-bond acceptors (Lipinski definition) is 5. The molecule has 0 amide bonds. The lowest BCUT2D eigenvalue weighted by molar-refractivity contribution is 0.158. The van der Waals surface area contributed by atoms with Gasteiger partial charge in [-0.3, -0.25) is 0 Å². The van der Waals surface area contributed by atoms with Gasteiger partial charge in [-0.15, -0.1) is 5.10 Å². The largest absolute Gasteiger partial charge is 0.393 e. The fourth-order valence-corrected chi connectivity index (χ4v) is 2.75. The van der Waals surface area contributed by atoms with Gasteiger partial charge in [0.05, 0.1) is 11.8 Å². The van der Waals surface area contributed by atoms with Gasteiger partial charge < -0.3 is 5.11 Å². The van der Waals surface area contributed by atoms with Crippen molar-refractivity contribution < 1.29 is 18.3 Å². The summed E-state index contributed by atoms with van der Waals surface area (Å²) < 4.78 is 38.1. The van der Waals surface area contributed by atoms with E-state index >= 15 is 0 Å². The molecule has 9 heteroatoms. The van der Waals surface area contributed by atoms with E-state index in [0.717, 1.165) is 5.69 Å². The Morgan fingerprint density at radius 3 is 2.61 bits per heavy atom. The van der Waals surface area contributed by atoms with Crippen molar-refractivity contribution in [2.24, 2.45) is 0 Å². The Morgan fingerprint density at radius 2 is 1.91 bits per heavy atom. The number of para-hydroxylation sites is 1. The van der Waals surface area contributed by atoms with Gasteiger partial charge in [0, 0.05) is 12.2 Å².